The Kier molecular flexibility index (Phi) is 4.44. The highest BCUT2D eigenvalue weighted by atomic mass is 19.4. The van der Waals surface area contributed by atoms with Gasteiger partial charge in [0.1, 0.15) is 6.07 Å². The van der Waals surface area contributed by atoms with E-state index in [9.17, 15) is 23.2 Å². The summed E-state index contributed by atoms with van der Waals surface area (Å²) < 4.78 is 51.8. The first kappa shape index (κ1) is 18.3. The average Bonchev–Trinajstić information content (AvgIpc) is 2.94. The van der Waals surface area contributed by atoms with Gasteiger partial charge in [-0.05, 0) is 30.5 Å². The fourth-order valence-corrected chi connectivity index (χ4v) is 3.56. The molecule has 1 aliphatic heterocycles. The lowest BCUT2D eigenvalue weighted by atomic mass is 9.94. The predicted molar refractivity (Wildman–Crippen MR) is 86.0 cm³/mol. The maximum Gasteiger partial charge on any atom is 0.417 e. The van der Waals surface area contributed by atoms with Crippen molar-refractivity contribution in [3.8, 4) is 6.07 Å². The molecule has 0 saturated heterocycles. The summed E-state index contributed by atoms with van der Waals surface area (Å²) in [7, 11) is 0. The first-order valence-electron chi connectivity index (χ1n) is 8.22. The molecule has 2 aromatic rings. The SMILES string of the molecule is CCCC1(OC(C)=O)OCCc2c1[nH]c1c(C#N)ccc(C(F)(F)F)c21. The summed E-state index contributed by atoms with van der Waals surface area (Å²) in [6.07, 6.45) is -3.48. The Bertz CT molecular complexity index is 911. The number of benzene rings is 1. The van der Waals surface area contributed by atoms with Gasteiger partial charge in [-0.1, -0.05) is 6.92 Å². The molecule has 0 amide bonds. The van der Waals surface area contributed by atoms with Gasteiger partial charge in [-0.2, -0.15) is 18.4 Å². The Morgan fingerprint density at radius 3 is 2.77 bits per heavy atom. The van der Waals surface area contributed by atoms with Crippen molar-refractivity contribution in [2.24, 2.45) is 0 Å². The first-order valence-corrected chi connectivity index (χ1v) is 8.22. The molecule has 2 heterocycles. The maximum atomic E-state index is 13.5. The number of nitrogens with zero attached hydrogens (tertiary/aromatic N) is 1. The van der Waals surface area contributed by atoms with E-state index in [2.05, 4.69) is 4.98 Å². The van der Waals surface area contributed by atoms with Crippen molar-refractivity contribution in [2.45, 2.75) is 45.1 Å². The van der Waals surface area contributed by atoms with Crippen molar-refractivity contribution >= 4 is 16.9 Å². The molecule has 1 aromatic carbocycles. The third-order valence-corrected chi connectivity index (χ3v) is 4.44. The van der Waals surface area contributed by atoms with Crippen LogP contribution in [0.4, 0.5) is 13.2 Å². The molecular formula is C18H17F3N2O3. The summed E-state index contributed by atoms with van der Waals surface area (Å²) in [5, 5.41) is 9.25. The van der Waals surface area contributed by atoms with Crippen molar-refractivity contribution in [3.63, 3.8) is 0 Å². The second-order valence-corrected chi connectivity index (χ2v) is 6.19. The molecule has 8 heteroatoms. The lowest BCUT2D eigenvalue weighted by Gasteiger charge is -2.36. The first-order chi connectivity index (χ1) is 12.2. The molecule has 3 rings (SSSR count). The molecule has 138 valence electrons. The van der Waals surface area contributed by atoms with Crippen LogP contribution in [0.5, 0.6) is 0 Å². The summed E-state index contributed by atoms with van der Waals surface area (Å²) in [5.74, 6) is -2.07. The van der Waals surface area contributed by atoms with Crippen molar-refractivity contribution in [2.75, 3.05) is 6.61 Å². The summed E-state index contributed by atoms with van der Waals surface area (Å²) in [6, 6.07) is 3.97. The molecule has 5 nitrogen and oxygen atoms in total. The quantitative estimate of drug-likeness (QED) is 0.828. The molecule has 0 radical (unpaired) electrons. The Morgan fingerprint density at radius 1 is 1.46 bits per heavy atom. The van der Waals surface area contributed by atoms with Gasteiger partial charge in [0.15, 0.2) is 0 Å². The van der Waals surface area contributed by atoms with E-state index in [1.54, 1.807) is 0 Å². The third-order valence-electron chi connectivity index (χ3n) is 4.44. The van der Waals surface area contributed by atoms with Crippen LogP contribution in [0.15, 0.2) is 12.1 Å². The minimum Gasteiger partial charge on any atom is -0.427 e. The molecule has 0 spiro atoms. The van der Waals surface area contributed by atoms with Gasteiger partial charge >= 0.3 is 12.1 Å². The molecule has 0 aliphatic carbocycles. The minimum atomic E-state index is -4.57. The molecule has 1 aromatic heterocycles. The molecule has 0 bridgehead atoms. The number of halogens is 3. The zero-order valence-electron chi connectivity index (χ0n) is 14.3. The van der Waals surface area contributed by atoms with E-state index >= 15 is 0 Å². The predicted octanol–water partition coefficient (Wildman–Crippen LogP) is 4.15. The summed E-state index contributed by atoms with van der Waals surface area (Å²) in [4.78, 5) is 14.5. The molecule has 1 aliphatic rings. The number of nitriles is 1. The van der Waals surface area contributed by atoms with Gasteiger partial charge in [0.25, 0.3) is 5.79 Å². The van der Waals surface area contributed by atoms with Crippen LogP contribution in [0.3, 0.4) is 0 Å². The summed E-state index contributed by atoms with van der Waals surface area (Å²) in [5.41, 5.74) is 0.0228. The number of rotatable bonds is 3. The largest absolute Gasteiger partial charge is 0.427 e. The van der Waals surface area contributed by atoms with Gasteiger partial charge in [-0.25, -0.2) is 0 Å². The summed E-state index contributed by atoms with van der Waals surface area (Å²) >= 11 is 0. The van der Waals surface area contributed by atoms with Crippen LogP contribution in [-0.2, 0) is 32.7 Å². The Balaban J connectivity index is 2.37. The number of H-pyrrole nitrogens is 1. The average molecular weight is 366 g/mol. The molecule has 0 fully saturated rings. The Morgan fingerprint density at radius 2 is 2.19 bits per heavy atom. The van der Waals surface area contributed by atoms with Crippen LogP contribution in [0.25, 0.3) is 10.9 Å². The maximum absolute atomic E-state index is 13.5. The second-order valence-electron chi connectivity index (χ2n) is 6.19. The highest BCUT2D eigenvalue weighted by Gasteiger charge is 2.45. The lowest BCUT2D eigenvalue weighted by Crippen LogP contribution is -2.39. The van der Waals surface area contributed by atoms with E-state index < -0.39 is 23.5 Å². The third kappa shape index (κ3) is 2.82. The topological polar surface area (TPSA) is 75.1 Å². The van der Waals surface area contributed by atoms with Gasteiger partial charge in [0, 0.05) is 18.7 Å². The van der Waals surface area contributed by atoms with Crippen LogP contribution in [-0.4, -0.2) is 17.6 Å². The zero-order chi connectivity index (χ0) is 19.1. The number of hydrogen-bond donors (Lipinski definition) is 1. The normalized spacial score (nSPS) is 19.8. The minimum absolute atomic E-state index is 0.0533. The van der Waals surface area contributed by atoms with Crippen molar-refractivity contribution in [3.05, 3.63) is 34.5 Å². The fraction of sp³-hybridized carbons (Fsp3) is 0.444. The van der Waals surface area contributed by atoms with Crippen molar-refractivity contribution in [1.29, 1.82) is 5.26 Å². The molecule has 1 atom stereocenters. The van der Waals surface area contributed by atoms with Crippen LogP contribution in [0.2, 0.25) is 0 Å². The molecule has 1 N–H and O–H groups in total. The number of aromatic amines is 1. The molecular weight excluding hydrogens is 349 g/mol. The van der Waals surface area contributed by atoms with E-state index in [-0.39, 0.29) is 41.6 Å². The Labute approximate surface area is 147 Å². The Hall–Kier alpha value is -2.53. The number of alkyl halides is 3. The van der Waals surface area contributed by atoms with Crippen LogP contribution in [0, 0.1) is 11.3 Å². The van der Waals surface area contributed by atoms with Gasteiger partial charge in [0.2, 0.25) is 0 Å². The number of ether oxygens (including phenoxy) is 2. The van der Waals surface area contributed by atoms with E-state index in [1.165, 1.54) is 6.92 Å². The van der Waals surface area contributed by atoms with Crippen molar-refractivity contribution in [1.82, 2.24) is 4.98 Å². The van der Waals surface area contributed by atoms with Gasteiger partial charge < -0.3 is 14.5 Å². The highest BCUT2D eigenvalue weighted by molar-refractivity contribution is 5.93. The number of hydrogen-bond acceptors (Lipinski definition) is 4. The van der Waals surface area contributed by atoms with Crippen molar-refractivity contribution < 1.29 is 27.4 Å². The fourth-order valence-electron chi connectivity index (χ4n) is 3.56. The molecule has 1 unspecified atom stereocenters. The van der Waals surface area contributed by atoms with E-state index in [1.807, 2.05) is 13.0 Å². The van der Waals surface area contributed by atoms with Gasteiger partial charge in [-0.15, -0.1) is 0 Å². The van der Waals surface area contributed by atoms with Crippen LogP contribution in [0.1, 0.15) is 49.1 Å². The number of carbonyl (C=O) groups is 1. The molecule has 0 saturated carbocycles. The number of carbonyl (C=O) groups excluding carboxylic acids is 1. The zero-order valence-corrected chi connectivity index (χ0v) is 14.3. The van der Waals surface area contributed by atoms with E-state index in [4.69, 9.17) is 9.47 Å². The monoisotopic (exact) mass is 366 g/mol. The van der Waals surface area contributed by atoms with Crippen LogP contribution >= 0.6 is 0 Å². The molecule has 26 heavy (non-hydrogen) atoms. The number of fused-ring (bicyclic) bond motifs is 3. The van der Waals surface area contributed by atoms with E-state index in [0.29, 0.717) is 12.0 Å². The summed E-state index contributed by atoms with van der Waals surface area (Å²) in [6.45, 7) is 3.19. The second kappa shape index (κ2) is 6.32. The lowest BCUT2D eigenvalue weighted by molar-refractivity contribution is -0.247. The van der Waals surface area contributed by atoms with E-state index in [0.717, 1.165) is 12.1 Å². The number of aromatic nitrogens is 1. The standard InChI is InChI=1S/C18H17F3N2O3/c1-3-7-17(26-10(2)24)16-12(6-8-25-17)14-13(18(19,20)21)5-4-11(9-22)15(14)23-16/h4-5,23H,3,6-8H2,1-2H3. The number of esters is 1. The highest BCUT2D eigenvalue weighted by Crippen LogP contribution is 2.45. The number of nitrogens with one attached hydrogen (secondary N) is 1. The smallest absolute Gasteiger partial charge is 0.417 e. The van der Waals surface area contributed by atoms with Gasteiger partial charge in [-0.3, -0.25) is 4.79 Å². The van der Waals surface area contributed by atoms with Crippen LogP contribution < -0.4 is 0 Å². The van der Waals surface area contributed by atoms with Gasteiger partial charge in [0.05, 0.1) is 28.9 Å².